The summed E-state index contributed by atoms with van der Waals surface area (Å²) in [6, 6.07) is 24.5. The molecule has 178 valence electrons. The maximum absolute atomic E-state index is 6.43. The largest absolute Gasteiger partial charge is 0.494 e. The number of fused-ring (bicyclic) bond motifs is 1. The van der Waals surface area contributed by atoms with E-state index in [0.29, 0.717) is 0 Å². The van der Waals surface area contributed by atoms with Gasteiger partial charge in [-0.25, -0.2) is 0 Å². The molecule has 0 N–H and O–H groups in total. The van der Waals surface area contributed by atoms with Gasteiger partial charge in [0.2, 0.25) is 0 Å². The first-order valence-corrected chi connectivity index (χ1v) is 12.8. The van der Waals surface area contributed by atoms with Crippen molar-refractivity contribution in [2.75, 3.05) is 0 Å². The van der Waals surface area contributed by atoms with Crippen LogP contribution in [0.4, 0.5) is 0 Å². The van der Waals surface area contributed by atoms with Gasteiger partial charge in [-0.15, -0.1) is 0 Å². The molecular formula is C32H30BNO2. The summed E-state index contributed by atoms with van der Waals surface area (Å²) in [4.78, 5) is 4.49. The fourth-order valence-electron chi connectivity index (χ4n) is 6.02. The molecule has 0 amide bonds. The van der Waals surface area contributed by atoms with Crippen molar-refractivity contribution in [2.45, 2.75) is 58.2 Å². The van der Waals surface area contributed by atoms with Crippen molar-refractivity contribution in [3.05, 3.63) is 84.1 Å². The van der Waals surface area contributed by atoms with E-state index in [1.807, 2.05) is 12.3 Å². The highest BCUT2D eigenvalue weighted by Crippen LogP contribution is 2.50. The molecule has 4 heteroatoms. The van der Waals surface area contributed by atoms with E-state index >= 15 is 0 Å². The Morgan fingerprint density at radius 1 is 0.639 bits per heavy atom. The first-order chi connectivity index (χ1) is 17.0. The summed E-state index contributed by atoms with van der Waals surface area (Å²) in [6.07, 6.45) is 1.85. The van der Waals surface area contributed by atoms with Crippen LogP contribution in [0, 0.1) is 0 Å². The molecule has 1 fully saturated rings. The maximum Gasteiger partial charge on any atom is 0.494 e. The van der Waals surface area contributed by atoms with Gasteiger partial charge in [-0.2, -0.15) is 0 Å². The molecule has 7 rings (SSSR count). The van der Waals surface area contributed by atoms with Crippen LogP contribution < -0.4 is 5.46 Å². The molecule has 4 aromatic carbocycles. The van der Waals surface area contributed by atoms with Crippen molar-refractivity contribution in [3.8, 4) is 11.1 Å². The Hall–Kier alpha value is -3.21. The average molecular weight is 471 g/mol. The van der Waals surface area contributed by atoms with Crippen LogP contribution in [0.3, 0.4) is 0 Å². The lowest BCUT2D eigenvalue weighted by atomic mass is 9.74. The van der Waals surface area contributed by atoms with Crippen LogP contribution >= 0.6 is 0 Å². The summed E-state index contributed by atoms with van der Waals surface area (Å²) in [6.45, 7) is 13.1. The summed E-state index contributed by atoms with van der Waals surface area (Å²) in [5, 5.41) is 6.44. The highest BCUT2D eigenvalue weighted by Gasteiger charge is 2.52. The zero-order chi connectivity index (χ0) is 25.0. The maximum atomic E-state index is 6.43. The van der Waals surface area contributed by atoms with Crippen LogP contribution in [0.15, 0.2) is 72.9 Å². The highest BCUT2D eigenvalue weighted by molar-refractivity contribution is 6.62. The van der Waals surface area contributed by atoms with Gasteiger partial charge in [-0.1, -0.05) is 50.2 Å². The fraction of sp³-hybridized carbons (Fsp3) is 0.281. The monoisotopic (exact) mass is 471 g/mol. The van der Waals surface area contributed by atoms with E-state index in [-0.39, 0.29) is 23.7 Å². The fourth-order valence-corrected chi connectivity index (χ4v) is 6.02. The molecule has 1 saturated heterocycles. The molecule has 5 aromatic rings. The van der Waals surface area contributed by atoms with Gasteiger partial charge in [0.15, 0.2) is 0 Å². The Morgan fingerprint density at radius 3 is 2.00 bits per heavy atom. The number of hydrogen-bond acceptors (Lipinski definition) is 3. The second-order valence-corrected chi connectivity index (χ2v) is 12.0. The zero-order valence-corrected chi connectivity index (χ0v) is 21.8. The predicted octanol–water partition coefficient (Wildman–Crippen LogP) is 7.15. The number of aromatic nitrogens is 1. The Balaban J connectivity index is 1.40. The lowest BCUT2D eigenvalue weighted by Crippen LogP contribution is -2.41. The van der Waals surface area contributed by atoms with E-state index in [0.717, 1.165) is 16.4 Å². The highest BCUT2D eigenvalue weighted by atomic mass is 16.7. The quantitative estimate of drug-likeness (QED) is 0.202. The van der Waals surface area contributed by atoms with Crippen LogP contribution in [-0.4, -0.2) is 23.3 Å². The minimum atomic E-state index is -0.368. The third kappa shape index (κ3) is 2.92. The topological polar surface area (TPSA) is 31.4 Å². The Bertz CT molecular complexity index is 1720. The molecule has 0 saturated carbocycles. The van der Waals surface area contributed by atoms with Gasteiger partial charge in [0.25, 0.3) is 0 Å². The minimum Gasteiger partial charge on any atom is -0.399 e. The Morgan fingerprint density at radius 2 is 1.28 bits per heavy atom. The smallest absolute Gasteiger partial charge is 0.399 e. The molecule has 1 aromatic heterocycles. The molecule has 2 aliphatic rings. The lowest BCUT2D eigenvalue weighted by Gasteiger charge is -2.32. The molecule has 3 nitrogen and oxygen atoms in total. The first kappa shape index (κ1) is 22.0. The lowest BCUT2D eigenvalue weighted by molar-refractivity contribution is 0.00578. The summed E-state index contributed by atoms with van der Waals surface area (Å²) in [5.41, 5.74) is 6.47. The van der Waals surface area contributed by atoms with Gasteiger partial charge < -0.3 is 9.31 Å². The number of rotatable bonds is 2. The molecule has 2 heterocycles. The van der Waals surface area contributed by atoms with Gasteiger partial charge in [-0.3, -0.25) is 4.98 Å². The molecule has 36 heavy (non-hydrogen) atoms. The van der Waals surface area contributed by atoms with Crippen LogP contribution in [0.2, 0.25) is 0 Å². The third-order valence-corrected chi connectivity index (χ3v) is 8.86. The number of nitrogens with zero attached hydrogens (tertiary/aromatic N) is 1. The Labute approximate surface area is 212 Å². The predicted molar refractivity (Wildman–Crippen MR) is 150 cm³/mol. The summed E-state index contributed by atoms with van der Waals surface area (Å²) in [7, 11) is -0.368. The first-order valence-electron chi connectivity index (χ1n) is 12.8. The van der Waals surface area contributed by atoms with E-state index in [4.69, 9.17) is 9.31 Å². The van der Waals surface area contributed by atoms with Crippen molar-refractivity contribution < 1.29 is 9.31 Å². The second-order valence-electron chi connectivity index (χ2n) is 12.0. The van der Waals surface area contributed by atoms with Gasteiger partial charge in [0.1, 0.15) is 0 Å². The van der Waals surface area contributed by atoms with Crippen molar-refractivity contribution in [2.24, 2.45) is 0 Å². The minimum absolute atomic E-state index is 0.131. The molecule has 0 unspecified atom stereocenters. The van der Waals surface area contributed by atoms with Gasteiger partial charge in [0.05, 0.1) is 16.7 Å². The Kier molecular flexibility index (Phi) is 4.26. The van der Waals surface area contributed by atoms with E-state index in [2.05, 4.69) is 107 Å². The van der Waals surface area contributed by atoms with Crippen molar-refractivity contribution in [3.63, 3.8) is 0 Å². The van der Waals surface area contributed by atoms with Gasteiger partial charge in [-0.05, 0) is 107 Å². The van der Waals surface area contributed by atoms with E-state index in [1.165, 1.54) is 43.8 Å². The van der Waals surface area contributed by atoms with Gasteiger partial charge >= 0.3 is 7.12 Å². The SMILES string of the molecule is CC1(C)c2cc(B3OC(C)(C)C(C)(C)O3)cc3ccc4cc(-c5ccc6ncccc6c5)cc1c4c23. The third-order valence-electron chi connectivity index (χ3n) is 8.86. The summed E-state index contributed by atoms with van der Waals surface area (Å²) < 4.78 is 12.9. The van der Waals surface area contributed by atoms with Gasteiger partial charge in [0, 0.05) is 17.0 Å². The average Bonchev–Trinajstić information content (AvgIpc) is 3.22. The van der Waals surface area contributed by atoms with E-state index < -0.39 is 0 Å². The van der Waals surface area contributed by atoms with Crippen molar-refractivity contribution in [1.82, 2.24) is 4.98 Å². The molecule has 1 aliphatic heterocycles. The second kappa shape index (κ2) is 6.97. The summed E-state index contributed by atoms with van der Waals surface area (Å²) >= 11 is 0. The normalized spacial score (nSPS) is 19.2. The molecular weight excluding hydrogens is 441 g/mol. The van der Waals surface area contributed by atoms with Crippen LogP contribution in [-0.2, 0) is 14.7 Å². The molecule has 1 aliphatic carbocycles. The van der Waals surface area contributed by atoms with E-state index in [1.54, 1.807) is 0 Å². The molecule has 0 spiro atoms. The standard InChI is InChI=1S/C32H30BNO2/c1-30(2)25-17-23(19-11-12-27-20(14-19)8-7-13-34-27)15-21-9-10-22-16-24(18-26(30)29(22)28(21)25)33-35-31(3,4)32(5,6)36-33/h7-18H,1-6H3. The van der Waals surface area contributed by atoms with Crippen molar-refractivity contribution >= 4 is 45.0 Å². The summed E-state index contributed by atoms with van der Waals surface area (Å²) in [5.74, 6) is 0. The number of hydrogen-bond donors (Lipinski definition) is 0. The number of pyridine rings is 1. The van der Waals surface area contributed by atoms with Crippen LogP contribution in [0.5, 0.6) is 0 Å². The van der Waals surface area contributed by atoms with Crippen molar-refractivity contribution in [1.29, 1.82) is 0 Å². The van der Waals surface area contributed by atoms with Crippen LogP contribution in [0.25, 0.3) is 43.6 Å². The van der Waals surface area contributed by atoms with E-state index in [9.17, 15) is 0 Å². The van der Waals surface area contributed by atoms with Crippen LogP contribution in [0.1, 0.15) is 52.7 Å². The molecule has 0 atom stereocenters. The zero-order valence-electron chi connectivity index (χ0n) is 21.8. The molecule has 0 radical (unpaired) electrons. The number of benzene rings is 4. The molecule has 0 bridgehead atoms.